The molecular weight excluding hydrogens is 326 g/mol. The number of nitrogens with zero attached hydrogens (tertiary/aromatic N) is 4. The van der Waals surface area contributed by atoms with Crippen LogP contribution in [0.4, 0.5) is 5.82 Å². The van der Waals surface area contributed by atoms with E-state index in [0.717, 1.165) is 37.3 Å². The number of hydrogen-bond acceptors (Lipinski definition) is 4. The molecule has 0 saturated carbocycles. The molecule has 2 aromatic rings. The second-order valence-electron chi connectivity index (χ2n) is 6.29. The number of likely N-dealkylation sites (tertiary alicyclic amines) is 1. The maximum absolute atomic E-state index is 12.3. The van der Waals surface area contributed by atoms with Crippen molar-refractivity contribution in [3.05, 3.63) is 40.8 Å². The number of rotatable bonds is 5. The first-order valence-electron chi connectivity index (χ1n) is 8.18. The predicted molar refractivity (Wildman–Crippen MR) is 94.2 cm³/mol. The fourth-order valence-electron chi connectivity index (χ4n) is 3.19. The van der Waals surface area contributed by atoms with Crippen LogP contribution < -0.4 is 5.32 Å². The summed E-state index contributed by atoms with van der Waals surface area (Å²) < 4.78 is 2.04. The van der Waals surface area contributed by atoms with Gasteiger partial charge in [-0.2, -0.15) is 5.10 Å². The number of hydrogen-bond donors (Lipinski definition) is 1. The van der Waals surface area contributed by atoms with E-state index in [1.807, 2.05) is 11.6 Å². The van der Waals surface area contributed by atoms with E-state index < -0.39 is 0 Å². The van der Waals surface area contributed by atoms with Gasteiger partial charge in [0.2, 0.25) is 5.91 Å². The van der Waals surface area contributed by atoms with E-state index in [9.17, 15) is 4.79 Å². The van der Waals surface area contributed by atoms with Gasteiger partial charge in [0.1, 0.15) is 5.82 Å². The highest BCUT2D eigenvalue weighted by molar-refractivity contribution is 6.30. The molecule has 0 unspecified atom stereocenters. The van der Waals surface area contributed by atoms with Gasteiger partial charge in [-0.05, 0) is 51.4 Å². The Bertz CT molecular complexity index is 712. The van der Waals surface area contributed by atoms with E-state index in [1.165, 1.54) is 6.20 Å². The van der Waals surface area contributed by atoms with Crippen molar-refractivity contribution in [3.63, 3.8) is 0 Å². The first-order chi connectivity index (χ1) is 11.5. The van der Waals surface area contributed by atoms with Crippen molar-refractivity contribution < 1.29 is 4.79 Å². The lowest BCUT2D eigenvalue weighted by atomic mass is 10.2. The van der Waals surface area contributed by atoms with Crippen LogP contribution in [0, 0.1) is 13.8 Å². The molecule has 0 aliphatic carbocycles. The van der Waals surface area contributed by atoms with Crippen LogP contribution in [0.2, 0.25) is 5.02 Å². The van der Waals surface area contributed by atoms with Crippen molar-refractivity contribution in [1.82, 2.24) is 19.7 Å². The van der Waals surface area contributed by atoms with Gasteiger partial charge in [0.25, 0.3) is 0 Å². The average molecular weight is 348 g/mol. The molecule has 2 aromatic heterocycles. The highest BCUT2D eigenvalue weighted by Crippen LogP contribution is 2.19. The standard InChI is InChI=1S/C17H22ClN5O/c1-12-8-13(2)23(21-12)10-15-4-3-7-22(15)11-17(24)20-16-6-5-14(18)9-19-16/h5-6,8-9,15H,3-4,7,10-11H2,1-2H3,(H,19,20,24)/t15-/m0/s1. The van der Waals surface area contributed by atoms with Crippen LogP contribution >= 0.6 is 11.6 Å². The molecule has 3 rings (SSSR count). The molecule has 1 fully saturated rings. The van der Waals surface area contributed by atoms with Gasteiger partial charge in [0.05, 0.1) is 23.8 Å². The van der Waals surface area contributed by atoms with E-state index in [2.05, 4.69) is 33.3 Å². The van der Waals surface area contributed by atoms with E-state index >= 15 is 0 Å². The number of aromatic nitrogens is 3. The largest absolute Gasteiger partial charge is 0.310 e. The quantitative estimate of drug-likeness (QED) is 0.903. The number of halogens is 1. The summed E-state index contributed by atoms with van der Waals surface area (Å²) in [5.74, 6) is 0.476. The zero-order valence-corrected chi connectivity index (χ0v) is 14.8. The lowest BCUT2D eigenvalue weighted by Crippen LogP contribution is -2.39. The Hall–Kier alpha value is -1.92. The van der Waals surface area contributed by atoms with Gasteiger partial charge in [-0.25, -0.2) is 4.98 Å². The van der Waals surface area contributed by atoms with Crippen LogP contribution in [-0.2, 0) is 11.3 Å². The summed E-state index contributed by atoms with van der Waals surface area (Å²) >= 11 is 5.80. The van der Waals surface area contributed by atoms with E-state index in [4.69, 9.17) is 11.6 Å². The molecule has 1 N–H and O–H groups in total. The summed E-state index contributed by atoms with van der Waals surface area (Å²) in [7, 11) is 0. The summed E-state index contributed by atoms with van der Waals surface area (Å²) in [6.07, 6.45) is 3.72. The molecule has 0 spiro atoms. The predicted octanol–water partition coefficient (Wildman–Crippen LogP) is 2.65. The Labute approximate surface area is 146 Å². The van der Waals surface area contributed by atoms with Gasteiger partial charge in [-0.3, -0.25) is 14.4 Å². The van der Waals surface area contributed by atoms with Crippen LogP contribution in [0.25, 0.3) is 0 Å². The molecule has 6 nitrogen and oxygen atoms in total. The zero-order chi connectivity index (χ0) is 17.1. The van der Waals surface area contributed by atoms with E-state index in [1.54, 1.807) is 12.1 Å². The van der Waals surface area contributed by atoms with Gasteiger partial charge in [0.15, 0.2) is 0 Å². The Kier molecular flexibility index (Phi) is 5.16. The third-order valence-electron chi connectivity index (χ3n) is 4.33. The van der Waals surface area contributed by atoms with Crippen LogP contribution in [0.1, 0.15) is 24.2 Å². The number of carbonyl (C=O) groups excluding carboxylic acids is 1. The minimum atomic E-state index is -0.0508. The maximum atomic E-state index is 12.3. The topological polar surface area (TPSA) is 63.1 Å². The molecule has 0 radical (unpaired) electrons. The summed E-state index contributed by atoms with van der Waals surface area (Å²) in [5.41, 5.74) is 2.19. The smallest absolute Gasteiger partial charge is 0.239 e. The zero-order valence-electron chi connectivity index (χ0n) is 14.0. The van der Waals surface area contributed by atoms with Gasteiger partial charge < -0.3 is 5.32 Å². The van der Waals surface area contributed by atoms with E-state index in [0.29, 0.717) is 23.4 Å². The van der Waals surface area contributed by atoms with Crippen molar-refractivity contribution in [2.75, 3.05) is 18.4 Å². The van der Waals surface area contributed by atoms with Gasteiger partial charge >= 0.3 is 0 Å². The average Bonchev–Trinajstić information content (AvgIpc) is 3.08. The molecule has 1 aliphatic rings. The third-order valence-corrected chi connectivity index (χ3v) is 4.55. The highest BCUT2D eigenvalue weighted by atomic mass is 35.5. The molecule has 24 heavy (non-hydrogen) atoms. The molecule has 0 aromatic carbocycles. The molecule has 1 aliphatic heterocycles. The van der Waals surface area contributed by atoms with Crippen molar-refractivity contribution >= 4 is 23.3 Å². The van der Waals surface area contributed by atoms with Crippen LogP contribution in [0.15, 0.2) is 24.4 Å². The molecular formula is C17H22ClN5O. The van der Waals surface area contributed by atoms with Gasteiger partial charge in [-0.15, -0.1) is 0 Å². The van der Waals surface area contributed by atoms with Crippen molar-refractivity contribution in [2.45, 2.75) is 39.3 Å². The summed E-state index contributed by atoms with van der Waals surface area (Å²) in [5, 5.41) is 7.91. The SMILES string of the molecule is Cc1cc(C)n(C[C@@H]2CCCN2CC(=O)Nc2ccc(Cl)cn2)n1. The third kappa shape index (κ3) is 4.13. The number of aryl methyl sites for hydroxylation is 2. The highest BCUT2D eigenvalue weighted by Gasteiger charge is 2.27. The molecule has 7 heteroatoms. The lowest BCUT2D eigenvalue weighted by Gasteiger charge is -2.24. The van der Waals surface area contributed by atoms with Crippen LogP contribution in [0.5, 0.6) is 0 Å². The molecule has 1 saturated heterocycles. The van der Waals surface area contributed by atoms with Crippen molar-refractivity contribution in [3.8, 4) is 0 Å². The second kappa shape index (κ2) is 7.32. The van der Waals surface area contributed by atoms with E-state index in [-0.39, 0.29) is 5.91 Å². The molecule has 128 valence electrons. The van der Waals surface area contributed by atoms with Crippen molar-refractivity contribution in [2.24, 2.45) is 0 Å². The number of nitrogens with one attached hydrogen (secondary N) is 1. The summed E-state index contributed by atoms with van der Waals surface area (Å²) in [6.45, 7) is 6.20. The fourth-order valence-corrected chi connectivity index (χ4v) is 3.30. The Balaban J connectivity index is 1.58. The monoisotopic (exact) mass is 347 g/mol. The maximum Gasteiger partial charge on any atom is 0.239 e. The summed E-state index contributed by atoms with van der Waals surface area (Å²) in [4.78, 5) is 18.6. The normalized spacial score (nSPS) is 18.0. The van der Waals surface area contributed by atoms with Gasteiger partial charge in [0, 0.05) is 17.9 Å². The first-order valence-corrected chi connectivity index (χ1v) is 8.55. The minimum Gasteiger partial charge on any atom is -0.310 e. The van der Waals surface area contributed by atoms with Crippen LogP contribution in [0.3, 0.4) is 0 Å². The molecule has 3 heterocycles. The first kappa shape index (κ1) is 16.9. The second-order valence-corrected chi connectivity index (χ2v) is 6.72. The lowest BCUT2D eigenvalue weighted by molar-refractivity contribution is -0.117. The molecule has 0 bridgehead atoms. The number of carbonyl (C=O) groups is 1. The number of pyridine rings is 1. The minimum absolute atomic E-state index is 0.0508. The fraction of sp³-hybridized carbons (Fsp3) is 0.471. The number of amides is 1. The van der Waals surface area contributed by atoms with Crippen molar-refractivity contribution in [1.29, 1.82) is 0 Å². The molecule has 1 amide bonds. The Morgan fingerprint density at radius 3 is 2.92 bits per heavy atom. The van der Waals surface area contributed by atoms with Gasteiger partial charge in [-0.1, -0.05) is 11.6 Å². The Morgan fingerprint density at radius 2 is 2.25 bits per heavy atom. The Morgan fingerprint density at radius 1 is 1.42 bits per heavy atom. The number of anilines is 1. The molecule has 1 atom stereocenters. The van der Waals surface area contributed by atoms with Crippen LogP contribution in [-0.4, -0.2) is 44.7 Å². The summed E-state index contributed by atoms with van der Waals surface area (Å²) in [6, 6.07) is 5.84.